The van der Waals surface area contributed by atoms with Gasteiger partial charge in [0.1, 0.15) is 0 Å². The van der Waals surface area contributed by atoms with Crippen LogP contribution in [0.2, 0.25) is 0 Å². The maximum atomic E-state index is 13.8. The summed E-state index contributed by atoms with van der Waals surface area (Å²) in [4.78, 5) is 21.6. The minimum absolute atomic E-state index is 0.00936. The van der Waals surface area contributed by atoms with Gasteiger partial charge in [-0.05, 0) is 43.7 Å². The number of aryl methyl sites for hydroxylation is 2. The van der Waals surface area contributed by atoms with Crippen molar-refractivity contribution >= 4 is 28.3 Å². The first-order valence-corrected chi connectivity index (χ1v) is 10.9. The molecule has 2 saturated heterocycles. The Morgan fingerprint density at radius 3 is 2.86 bits per heavy atom. The summed E-state index contributed by atoms with van der Waals surface area (Å²) < 4.78 is 13.3. The second-order valence-corrected chi connectivity index (χ2v) is 8.56. The minimum Gasteiger partial charge on any atom is -0.348 e. The standard InChI is InChI=1S/C21H24N4O3S/c1-13-18-14(12-15(17-7-5-11-29-17)22-19(18)24(2)23-13)20(26)25-8-4-3-6-16(25)21-27-9-10-28-21/h5,7,11-12,16,21H,3-4,6,8-10H2,1-2H3. The first-order valence-electron chi connectivity index (χ1n) is 10.1. The van der Waals surface area contributed by atoms with Crippen molar-refractivity contribution in [2.75, 3.05) is 19.8 Å². The van der Waals surface area contributed by atoms with E-state index in [9.17, 15) is 4.79 Å². The molecule has 0 bridgehead atoms. The summed E-state index contributed by atoms with van der Waals surface area (Å²) in [5.74, 6) is 0.00936. The molecular formula is C21H24N4O3S. The minimum atomic E-state index is -0.330. The Bertz CT molecular complexity index is 1040. The third kappa shape index (κ3) is 3.25. The van der Waals surface area contributed by atoms with Crippen LogP contribution in [0.15, 0.2) is 23.6 Å². The number of hydrogen-bond acceptors (Lipinski definition) is 6. The Morgan fingerprint density at radius 1 is 1.28 bits per heavy atom. The number of aromatic nitrogens is 3. The lowest BCUT2D eigenvalue weighted by molar-refractivity contribution is -0.100. The van der Waals surface area contributed by atoms with Gasteiger partial charge in [-0.25, -0.2) is 4.98 Å². The van der Waals surface area contributed by atoms with E-state index in [2.05, 4.69) is 5.10 Å². The molecule has 1 atom stereocenters. The zero-order valence-electron chi connectivity index (χ0n) is 16.6. The van der Waals surface area contributed by atoms with Gasteiger partial charge in [-0.15, -0.1) is 11.3 Å². The zero-order chi connectivity index (χ0) is 20.0. The molecule has 0 N–H and O–H groups in total. The highest BCUT2D eigenvalue weighted by Crippen LogP contribution is 2.32. The van der Waals surface area contributed by atoms with Gasteiger partial charge >= 0.3 is 0 Å². The number of rotatable bonds is 3. The first kappa shape index (κ1) is 18.7. The number of nitrogens with zero attached hydrogens (tertiary/aromatic N) is 4. The van der Waals surface area contributed by atoms with Gasteiger partial charge in [-0.1, -0.05) is 6.07 Å². The number of carbonyl (C=O) groups is 1. The van der Waals surface area contributed by atoms with Gasteiger partial charge in [0.2, 0.25) is 0 Å². The Labute approximate surface area is 173 Å². The summed E-state index contributed by atoms with van der Waals surface area (Å²) in [7, 11) is 1.87. The van der Waals surface area contributed by atoms with Crippen molar-refractivity contribution in [3.63, 3.8) is 0 Å². The number of hydrogen-bond donors (Lipinski definition) is 0. The van der Waals surface area contributed by atoms with E-state index < -0.39 is 0 Å². The van der Waals surface area contributed by atoms with Crippen molar-refractivity contribution in [1.29, 1.82) is 0 Å². The molecule has 29 heavy (non-hydrogen) atoms. The van der Waals surface area contributed by atoms with Gasteiger partial charge in [0.05, 0.1) is 46.5 Å². The molecule has 2 aliphatic heterocycles. The van der Waals surface area contributed by atoms with Crippen LogP contribution in [-0.4, -0.2) is 57.7 Å². The molecule has 1 amide bonds. The van der Waals surface area contributed by atoms with Crippen LogP contribution >= 0.6 is 11.3 Å². The maximum Gasteiger partial charge on any atom is 0.255 e. The second-order valence-electron chi connectivity index (χ2n) is 7.61. The summed E-state index contributed by atoms with van der Waals surface area (Å²) in [6.45, 7) is 3.83. The Balaban J connectivity index is 1.61. The number of carbonyl (C=O) groups excluding carboxylic acids is 1. The summed E-state index contributed by atoms with van der Waals surface area (Å²) in [5.41, 5.74) is 3.02. The number of fused-ring (bicyclic) bond motifs is 1. The number of pyridine rings is 1. The van der Waals surface area contributed by atoms with Crippen LogP contribution in [0.1, 0.15) is 35.3 Å². The highest BCUT2D eigenvalue weighted by molar-refractivity contribution is 7.13. The van der Waals surface area contributed by atoms with Crippen LogP contribution < -0.4 is 0 Å². The molecule has 1 unspecified atom stereocenters. The van der Waals surface area contributed by atoms with Crippen LogP contribution in [0.25, 0.3) is 21.6 Å². The van der Waals surface area contributed by atoms with Gasteiger partial charge in [0.25, 0.3) is 5.91 Å². The molecule has 0 spiro atoms. The summed E-state index contributed by atoms with van der Waals surface area (Å²) in [6, 6.07) is 5.90. The van der Waals surface area contributed by atoms with Crippen LogP contribution in [0.3, 0.4) is 0 Å². The summed E-state index contributed by atoms with van der Waals surface area (Å²) in [6.07, 6.45) is 2.64. The third-order valence-electron chi connectivity index (χ3n) is 5.74. The average molecular weight is 413 g/mol. The lowest BCUT2D eigenvalue weighted by Gasteiger charge is -2.38. The first-order chi connectivity index (χ1) is 14.1. The van der Waals surface area contributed by atoms with Crippen molar-refractivity contribution in [1.82, 2.24) is 19.7 Å². The van der Waals surface area contributed by atoms with E-state index in [1.807, 2.05) is 42.5 Å². The van der Waals surface area contributed by atoms with E-state index >= 15 is 0 Å². The largest absolute Gasteiger partial charge is 0.348 e. The Kier molecular flexibility index (Phi) is 4.85. The fraction of sp³-hybridized carbons (Fsp3) is 0.476. The molecule has 5 heterocycles. The SMILES string of the molecule is Cc1nn(C)c2nc(-c3cccs3)cc(C(=O)N3CCCCC3C3OCCO3)c12. The molecule has 3 aromatic rings. The molecular weight excluding hydrogens is 388 g/mol. The highest BCUT2D eigenvalue weighted by atomic mass is 32.1. The average Bonchev–Trinajstić information content (AvgIpc) is 3.50. The number of amides is 1. The zero-order valence-corrected chi connectivity index (χ0v) is 17.4. The van der Waals surface area contributed by atoms with Crippen molar-refractivity contribution in [3.8, 4) is 10.6 Å². The van der Waals surface area contributed by atoms with Gasteiger partial charge < -0.3 is 14.4 Å². The number of likely N-dealkylation sites (tertiary alicyclic amines) is 1. The van der Waals surface area contributed by atoms with Crippen LogP contribution in [0.5, 0.6) is 0 Å². The predicted molar refractivity (Wildman–Crippen MR) is 111 cm³/mol. The Hall–Kier alpha value is -2.29. The Morgan fingerprint density at radius 2 is 2.10 bits per heavy atom. The monoisotopic (exact) mass is 412 g/mol. The molecule has 5 rings (SSSR count). The molecule has 0 aromatic carbocycles. The number of piperidine rings is 1. The predicted octanol–water partition coefficient (Wildman–Crippen LogP) is 3.37. The number of ether oxygens (including phenoxy) is 2. The third-order valence-corrected chi connectivity index (χ3v) is 6.64. The van der Waals surface area contributed by atoms with Crippen molar-refractivity contribution < 1.29 is 14.3 Å². The van der Waals surface area contributed by atoms with E-state index in [0.29, 0.717) is 25.3 Å². The van der Waals surface area contributed by atoms with Crippen molar-refractivity contribution in [3.05, 3.63) is 34.8 Å². The van der Waals surface area contributed by atoms with Gasteiger partial charge in [-0.2, -0.15) is 5.10 Å². The fourth-order valence-corrected chi connectivity index (χ4v) is 5.10. The molecule has 0 radical (unpaired) electrons. The van der Waals surface area contributed by atoms with Crippen molar-refractivity contribution in [2.24, 2.45) is 7.05 Å². The lowest BCUT2D eigenvalue weighted by Crippen LogP contribution is -2.50. The fourth-order valence-electron chi connectivity index (χ4n) is 4.41. The summed E-state index contributed by atoms with van der Waals surface area (Å²) >= 11 is 1.62. The van der Waals surface area contributed by atoms with Crippen molar-refractivity contribution in [2.45, 2.75) is 38.5 Å². The number of thiophene rings is 1. The van der Waals surface area contributed by atoms with Crippen LogP contribution in [0.4, 0.5) is 0 Å². The smallest absolute Gasteiger partial charge is 0.255 e. The van der Waals surface area contributed by atoms with Crippen LogP contribution in [0, 0.1) is 6.92 Å². The van der Waals surface area contributed by atoms with E-state index in [4.69, 9.17) is 14.5 Å². The molecule has 2 aliphatic rings. The summed E-state index contributed by atoms with van der Waals surface area (Å²) in [5, 5.41) is 7.38. The highest BCUT2D eigenvalue weighted by Gasteiger charge is 2.37. The van der Waals surface area contributed by atoms with Gasteiger partial charge in [0.15, 0.2) is 11.9 Å². The molecule has 3 aromatic heterocycles. The molecule has 152 valence electrons. The molecule has 8 heteroatoms. The topological polar surface area (TPSA) is 69.5 Å². The van der Waals surface area contributed by atoms with Gasteiger partial charge in [-0.3, -0.25) is 9.48 Å². The molecule has 0 saturated carbocycles. The quantitative estimate of drug-likeness (QED) is 0.660. The van der Waals surface area contributed by atoms with Crippen LogP contribution in [-0.2, 0) is 16.5 Å². The lowest BCUT2D eigenvalue weighted by atomic mass is 9.99. The van der Waals surface area contributed by atoms with E-state index in [0.717, 1.165) is 46.6 Å². The second kappa shape index (κ2) is 7.51. The molecule has 7 nitrogen and oxygen atoms in total. The van der Waals surface area contributed by atoms with Gasteiger partial charge in [0, 0.05) is 13.6 Å². The molecule has 0 aliphatic carbocycles. The van der Waals surface area contributed by atoms with E-state index in [1.54, 1.807) is 16.0 Å². The van der Waals surface area contributed by atoms with E-state index in [1.165, 1.54) is 0 Å². The maximum absolute atomic E-state index is 13.8. The molecule has 2 fully saturated rings. The van der Waals surface area contributed by atoms with E-state index in [-0.39, 0.29) is 18.2 Å². The normalized spacial score (nSPS) is 20.6.